The van der Waals surface area contributed by atoms with Crippen molar-refractivity contribution in [2.75, 3.05) is 33.2 Å². The third kappa shape index (κ3) is 3.55. The number of alkyl halides is 1. The summed E-state index contributed by atoms with van der Waals surface area (Å²) in [6, 6.07) is -1.09. The van der Waals surface area contributed by atoms with Crippen LogP contribution in [0.5, 0.6) is 0 Å². The summed E-state index contributed by atoms with van der Waals surface area (Å²) in [5, 5.41) is 42.8. The van der Waals surface area contributed by atoms with Gasteiger partial charge in [0.05, 0.1) is 18.4 Å². The lowest BCUT2D eigenvalue weighted by molar-refractivity contribution is -0.365. The highest BCUT2D eigenvalue weighted by Crippen LogP contribution is 2.33. The number of carbonyl (C=O) groups is 1. The van der Waals surface area contributed by atoms with Crippen molar-refractivity contribution in [1.29, 1.82) is 0 Å². The summed E-state index contributed by atoms with van der Waals surface area (Å²) in [6.45, 7) is -0.888. The number of methoxy groups -OCH3 is 1. The Morgan fingerprint density at radius 2 is 2.09 bits per heavy atom. The molecule has 0 aliphatic carbocycles. The number of nitrogens with zero attached hydrogens (tertiary/aromatic N) is 3. The van der Waals surface area contributed by atoms with Gasteiger partial charge in [0.1, 0.15) is 18.3 Å². The molecule has 1 aliphatic rings. The average molecular weight is 358 g/mol. The Bertz CT molecular complexity index is 426. The first-order valence-corrected chi connectivity index (χ1v) is 7.15. The molecular formula is C11H20ClN3O8. The van der Waals surface area contributed by atoms with Gasteiger partial charge in [0.2, 0.25) is 12.0 Å². The predicted octanol–water partition coefficient (Wildman–Crippen LogP) is -1.97. The highest BCUT2D eigenvalue weighted by Gasteiger charge is 2.59. The molecule has 4 N–H and O–H groups in total. The maximum Gasteiger partial charge on any atom is 0.345 e. The van der Waals surface area contributed by atoms with E-state index in [0.717, 1.165) is 14.2 Å². The largest absolute Gasteiger partial charge is 0.394 e. The first-order chi connectivity index (χ1) is 10.8. The van der Waals surface area contributed by atoms with Gasteiger partial charge in [0, 0.05) is 20.0 Å². The summed E-state index contributed by atoms with van der Waals surface area (Å²) < 4.78 is 10.0. The SMILES string of the molecule is CO[C@H]1O[C@H](CO)[C@@H](O)[C@H](O)[C@@]1(O)N(C)C(=O)N(CCCl)N=O. The smallest absolute Gasteiger partial charge is 0.345 e. The number of ether oxygens (including phenoxy) is 2. The van der Waals surface area contributed by atoms with Crippen LogP contribution in [-0.4, -0.2) is 99.9 Å². The quantitative estimate of drug-likeness (QED) is 0.185. The Labute approximate surface area is 136 Å². The van der Waals surface area contributed by atoms with Gasteiger partial charge < -0.3 is 29.9 Å². The highest BCUT2D eigenvalue weighted by atomic mass is 35.5. The lowest BCUT2D eigenvalue weighted by atomic mass is 9.92. The minimum atomic E-state index is -2.54. The van der Waals surface area contributed by atoms with Gasteiger partial charge in [-0.1, -0.05) is 0 Å². The number of likely N-dealkylation sites (N-methyl/N-ethyl adjacent to an activating group) is 1. The average Bonchev–Trinajstić information content (AvgIpc) is 2.56. The summed E-state index contributed by atoms with van der Waals surface area (Å²) in [4.78, 5) is 23.5. The standard InChI is InChI=1S/C11H20ClN3O8/c1-14(10(19)15(13-21)4-3-12)11(20)8(18)7(17)6(5-16)23-9(11)22-2/h6-9,16-18,20H,3-5H2,1-2H3/t6-,7-,8+,9+,11+/m1/s1. The van der Waals surface area contributed by atoms with E-state index < -0.39 is 43.0 Å². The van der Waals surface area contributed by atoms with Gasteiger partial charge >= 0.3 is 6.03 Å². The van der Waals surface area contributed by atoms with Crippen LogP contribution < -0.4 is 0 Å². The van der Waals surface area contributed by atoms with Crippen molar-refractivity contribution < 1.29 is 34.7 Å². The first-order valence-electron chi connectivity index (χ1n) is 6.61. The van der Waals surface area contributed by atoms with E-state index in [2.05, 4.69) is 5.29 Å². The number of hydrogen-bond donors (Lipinski definition) is 4. The fourth-order valence-corrected chi connectivity index (χ4v) is 2.41. The molecule has 134 valence electrons. The molecule has 2 amide bonds. The van der Waals surface area contributed by atoms with Gasteiger partial charge in [-0.2, -0.15) is 5.01 Å². The van der Waals surface area contributed by atoms with Gasteiger partial charge in [0.15, 0.2) is 0 Å². The zero-order valence-electron chi connectivity index (χ0n) is 12.6. The molecule has 0 bridgehead atoms. The van der Waals surface area contributed by atoms with Crippen molar-refractivity contribution in [3.8, 4) is 0 Å². The fourth-order valence-electron chi connectivity index (χ4n) is 2.25. The van der Waals surface area contributed by atoms with Crippen molar-refractivity contribution in [3.05, 3.63) is 4.91 Å². The Kier molecular flexibility index (Phi) is 7.07. The van der Waals surface area contributed by atoms with Crippen molar-refractivity contribution in [2.24, 2.45) is 5.29 Å². The molecule has 11 nitrogen and oxygen atoms in total. The van der Waals surface area contributed by atoms with Crippen LogP contribution in [0.15, 0.2) is 5.29 Å². The molecule has 23 heavy (non-hydrogen) atoms. The first kappa shape index (κ1) is 20.0. The van der Waals surface area contributed by atoms with E-state index in [4.69, 9.17) is 26.2 Å². The van der Waals surface area contributed by atoms with Gasteiger partial charge in [-0.05, 0) is 0 Å². The molecule has 1 fully saturated rings. The highest BCUT2D eigenvalue weighted by molar-refractivity contribution is 6.18. The van der Waals surface area contributed by atoms with Gasteiger partial charge in [-0.15, -0.1) is 16.5 Å². The molecule has 0 aromatic heterocycles. The number of urea groups is 1. The molecule has 12 heteroatoms. The summed E-state index contributed by atoms with van der Waals surface area (Å²) in [5.74, 6) is -0.0915. The lowest BCUT2D eigenvalue weighted by Crippen LogP contribution is -2.74. The third-order valence-electron chi connectivity index (χ3n) is 3.62. The van der Waals surface area contributed by atoms with Crippen molar-refractivity contribution in [3.63, 3.8) is 0 Å². The molecule has 0 aromatic rings. The van der Waals surface area contributed by atoms with E-state index in [1.807, 2.05) is 0 Å². The van der Waals surface area contributed by atoms with Crippen LogP contribution in [0.3, 0.4) is 0 Å². The Hall–Kier alpha value is -1.08. The monoisotopic (exact) mass is 357 g/mol. The Morgan fingerprint density at radius 3 is 2.52 bits per heavy atom. The minimum absolute atomic E-state index is 0.0915. The summed E-state index contributed by atoms with van der Waals surface area (Å²) in [5.41, 5.74) is -2.54. The van der Waals surface area contributed by atoms with E-state index in [-0.39, 0.29) is 12.4 Å². The van der Waals surface area contributed by atoms with Crippen LogP contribution in [0.1, 0.15) is 0 Å². The summed E-state index contributed by atoms with van der Waals surface area (Å²) in [6.07, 6.45) is -6.49. The molecular weight excluding hydrogens is 338 g/mol. The van der Waals surface area contributed by atoms with Crippen LogP contribution in [0.4, 0.5) is 4.79 Å². The van der Waals surface area contributed by atoms with Gasteiger partial charge in [0.25, 0.3) is 0 Å². The Morgan fingerprint density at radius 1 is 1.48 bits per heavy atom. The predicted molar refractivity (Wildman–Crippen MR) is 76.1 cm³/mol. The van der Waals surface area contributed by atoms with E-state index in [0.29, 0.717) is 9.91 Å². The maximum absolute atomic E-state index is 12.2. The summed E-state index contributed by atoms with van der Waals surface area (Å²) >= 11 is 5.45. The number of halogens is 1. The molecule has 0 radical (unpaired) electrons. The third-order valence-corrected chi connectivity index (χ3v) is 3.79. The van der Waals surface area contributed by atoms with Crippen LogP contribution >= 0.6 is 11.6 Å². The molecule has 5 atom stereocenters. The van der Waals surface area contributed by atoms with Crippen LogP contribution in [0.2, 0.25) is 0 Å². The molecule has 0 saturated carbocycles. The van der Waals surface area contributed by atoms with Crippen LogP contribution in [0.25, 0.3) is 0 Å². The van der Waals surface area contributed by atoms with Crippen LogP contribution in [-0.2, 0) is 9.47 Å². The zero-order valence-corrected chi connectivity index (χ0v) is 13.3. The summed E-state index contributed by atoms with van der Waals surface area (Å²) in [7, 11) is 2.18. The van der Waals surface area contributed by atoms with E-state index in [1.165, 1.54) is 0 Å². The number of rotatable bonds is 6. The van der Waals surface area contributed by atoms with Gasteiger partial charge in [-0.3, -0.25) is 4.90 Å². The molecule has 0 unspecified atom stereocenters. The van der Waals surface area contributed by atoms with Crippen LogP contribution in [0, 0.1) is 4.91 Å². The molecule has 1 heterocycles. The minimum Gasteiger partial charge on any atom is -0.394 e. The lowest BCUT2D eigenvalue weighted by Gasteiger charge is -2.50. The van der Waals surface area contributed by atoms with E-state index in [1.54, 1.807) is 0 Å². The number of carbonyl (C=O) groups excluding carboxylic acids is 1. The van der Waals surface area contributed by atoms with E-state index >= 15 is 0 Å². The number of amides is 2. The number of nitroso groups, excluding NO2 is 1. The molecule has 0 aromatic carbocycles. The second kappa shape index (κ2) is 8.15. The molecule has 0 spiro atoms. The number of aliphatic hydroxyl groups excluding tert-OH is 3. The molecule has 1 aliphatic heterocycles. The maximum atomic E-state index is 12.2. The zero-order chi connectivity index (χ0) is 17.8. The number of aliphatic hydroxyl groups is 4. The van der Waals surface area contributed by atoms with Crippen molar-refractivity contribution in [1.82, 2.24) is 9.91 Å². The normalized spacial score (nSPS) is 34.0. The van der Waals surface area contributed by atoms with Crippen molar-refractivity contribution in [2.45, 2.75) is 30.3 Å². The van der Waals surface area contributed by atoms with E-state index in [9.17, 15) is 25.0 Å². The topological polar surface area (TPSA) is 152 Å². The molecule has 1 saturated heterocycles. The number of hydrogen-bond acceptors (Lipinski definition) is 9. The van der Waals surface area contributed by atoms with Gasteiger partial charge in [-0.25, -0.2) is 4.79 Å². The Balaban J connectivity index is 3.13. The second-order valence-corrected chi connectivity index (χ2v) is 5.26. The van der Waals surface area contributed by atoms with Crippen molar-refractivity contribution >= 4 is 17.6 Å². The second-order valence-electron chi connectivity index (χ2n) is 4.88. The molecule has 1 rings (SSSR count). The fraction of sp³-hybridized carbons (Fsp3) is 0.909.